The highest BCUT2D eigenvalue weighted by atomic mass is 35.5. The zero-order valence-corrected chi connectivity index (χ0v) is 14.2. The van der Waals surface area contributed by atoms with Crippen LogP contribution >= 0.6 is 11.6 Å². The van der Waals surface area contributed by atoms with E-state index in [1.807, 2.05) is 31.2 Å². The lowest BCUT2D eigenvalue weighted by Gasteiger charge is -2.12. The van der Waals surface area contributed by atoms with E-state index in [9.17, 15) is 4.79 Å². The second kappa shape index (κ2) is 7.64. The number of nitrogens with one attached hydrogen (secondary N) is 1. The van der Waals surface area contributed by atoms with Crippen LogP contribution in [0, 0.1) is 6.92 Å². The molecule has 0 spiro atoms. The van der Waals surface area contributed by atoms with Crippen LogP contribution in [-0.4, -0.2) is 30.2 Å². The summed E-state index contributed by atoms with van der Waals surface area (Å²) in [7, 11) is 0. The van der Waals surface area contributed by atoms with Gasteiger partial charge in [-0.2, -0.15) is 0 Å². The quantitative estimate of drug-likeness (QED) is 0.903. The first-order valence-electron chi connectivity index (χ1n) is 7.85. The Morgan fingerprint density at radius 2 is 2.21 bits per heavy atom. The van der Waals surface area contributed by atoms with Crippen LogP contribution < -0.4 is 10.1 Å². The topological polar surface area (TPSA) is 60.5 Å². The van der Waals surface area contributed by atoms with Crippen molar-refractivity contribution in [2.45, 2.75) is 26.0 Å². The molecule has 1 fully saturated rings. The van der Waals surface area contributed by atoms with Crippen LogP contribution in [0.5, 0.6) is 5.88 Å². The fraction of sp³-hybridized carbons (Fsp3) is 0.333. The molecule has 1 aliphatic rings. The number of hydrogen-bond acceptors (Lipinski definition) is 4. The van der Waals surface area contributed by atoms with Gasteiger partial charge in [0.25, 0.3) is 5.91 Å². The molecule has 5 nitrogen and oxygen atoms in total. The molecule has 126 valence electrons. The number of carbonyl (C=O) groups is 1. The van der Waals surface area contributed by atoms with E-state index in [0.29, 0.717) is 36.2 Å². The first-order chi connectivity index (χ1) is 11.6. The summed E-state index contributed by atoms with van der Waals surface area (Å²) in [6, 6.07) is 9.57. The van der Waals surface area contributed by atoms with Gasteiger partial charge in [0, 0.05) is 19.2 Å². The van der Waals surface area contributed by atoms with E-state index in [-0.39, 0.29) is 12.0 Å². The average molecular weight is 347 g/mol. The van der Waals surface area contributed by atoms with Crippen molar-refractivity contribution < 1.29 is 14.3 Å². The van der Waals surface area contributed by atoms with Gasteiger partial charge < -0.3 is 14.8 Å². The zero-order chi connectivity index (χ0) is 16.9. The Morgan fingerprint density at radius 3 is 2.88 bits per heavy atom. The Kier molecular flexibility index (Phi) is 5.33. The summed E-state index contributed by atoms with van der Waals surface area (Å²) in [6.07, 6.45) is 2.26. The number of halogens is 1. The Labute approximate surface area is 145 Å². The number of hydrogen-bond donors (Lipinski definition) is 1. The van der Waals surface area contributed by atoms with Gasteiger partial charge in [-0.05, 0) is 18.6 Å². The summed E-state index contributed by atoms with van der Waals surface area (Å²) < 4.78 is 10.9. The maximum Gasteiger partial charge on any atom is 0.253 e. The van der Waals surface area contributed by atoms with Crippen molar-refractivity contribution in [1.82, 2.24) is 10.3 Å². The van der Waals surface area contributed by atoms with E-state index in [0.717, 1.165) is 12.0 Å². The van der Waals surface area contributed by atoms with Gasteiger partial charge >= 0.3 is 0 Å². The van der Waals surface area contributed by atoms with Crippen LogP contribution in [0.15, 0.2) is 36.5 Å². The predicted octanol–water partition coefficient (Wildman–Crippen LogP) is 3.14. The van der Waals surface area contributed by atoms with Crippen LogP contribution in [0.4, 0.5) is 0 Å². The summed E-state index contributed by atoms with van der Waals surface area (Å²) in [5, 5.41) is 3.18. The van der Waals surface area contributed by atoms with Crippen molar-refractivity contribution in [2.24, 2.45) is 0 Å². The third-order valence-electron chi connectivity index (χ3n) is 3.81. The lowest BCUT2D eigenvalue weighted by Crippen LogP contribution is -2.23. The number of rotatable bonds is 5. The maximum atomic E-state index is 12.2. The summed E-state index contributed by atoms with van der Waals surface area (Å²) in [6.45, 7) is 3.70. The third kappa shape index (κ3) is 4.24. The largest absolute Gasteiger partial charge is 0.471 e. The Bertz CT molecular complexity index is 713. The molecule has 1 aromatic carbocycles. The third-order valence-corrected chi connectivity index (χ3v) is 4.08. The molecule has 24 heavy (non-hydrogen) atoms. The monoisotopic (exact) mass is 346 g/mol. The fourth-order valence-electron chi connectivity index (χ4n) is 2.39. The number of nitrogens with zero attached hydrogens (tertiary/aromatic N) is 1. The smallest absolute Gasteiger partial charge is 0.253 e. The van der Waals surface area contributed by atoms with Crippen molar-refractivity contribution in [2.75, 3.05) is 13.2 Å². The summed E-state index contributed by atoms with van der Waals surface area (Å²) in [5.74, 6) is 0.114. The van der Waals surface area contributed by atoms with E-state index in [1.54, 1.807) is 6.07 Å². The van der Waals surface area contributed by atoms with E-state index in [4.69, 9.17) is 21.1 Å². The number of aromatic nitrogens is 1. The molecule has 2 heterocycles. The number of amides is 1. The summed E-state index contributed by atoms with van der Waals surface area (Å²) in [5.41, 5.74) is 2.63. The highest BCUT2D eigenvalue weighted by Gasteiger charge is 2.20. The predicted molar refractivity (Wildman–Crippen MR) is 91.4 cm³/mol. The van der Waals surface area contributed by atoms with Crippen molar-refractivity contribution >= 4 is 17.5 Å². The number of aryl methyl sites for hydroxylation is 1. The molecule has 1 saturated heterocycles. The molecule has 0 bridgehead atoms. The zero-order valence-electron chi connectivity index (χ0n) is 13.4. The minimum absolute atomic E-state index is 0.0313. The Balaban J connectivity index is 1.60. The van der Waals surface area contributed by atoms with Crippen LogP contribution in [-0.2, 0) is 11.3 Å². The van der Waals surface area contributed by atoms with Gasteiger partial charge in [0.15, 0.2) is 0 Å². The molecule has 0 saturated carbocycles. The molecule has 0 aliphatic carbocycles. The van der Waals surface area contributed by atoms with Crippen LogP contribution in [0.25, 0.3) is 0 Å². The number of pyridine rings is 1. The van der Waals surface area contributed by atoms with E-state index in [2.05, 4.69) is 10.3 Å². The SMILES string of the molecule is Cc1ccc(CNC(=O)c2cnc(OC3CCOC3)c(Cl)c2)cc1. The molecule has 1 atom stereocenters. The summed E-state index contributed by atoms with van der Waals surface area (Å²) >= 11 is 6.18. The molecule has 6 heteroatoms. The molecular weight excluding hydrogens is 328 g/mol. The van der Waals surface area contributed by atoms with Gasteiger partial charge in [-0.15, -0.1) is 0 Å². The van der Waals surface area contributed by atoms with E-state index in [1.165, 1.54) is 11.8 Å². The lowest BCUT2D eigenvalue weighted by atomic mass is 10.1. The molecule has 3 rings (SSSR count). The standard InChI is InChI=1S/C18H19ClN2O3/c1-12-2-4-13(5-3-12)9-20-17(22)14-8-16(19)18(21-10-14)24-15-6-7-23-11-15/h2-5,8,10,15H,6-7,9,11H2,1H3,(H,20,22). The fourth-order valence-corrected chi connectivity index (χ4v) is 2.60. The number of carbonyl (C=O) groups excluding carboxylic acids is 1. The molecule has 1 N–H and O–H groups in total. The molecule has 0 radical (unpaired) electrons. The minimum Gasteiger partial charge on any atom is -0.471 e. The first-order valence-corrected chi connectivity index (χ1v) is 8.23. The number of ether oxygens (including phenoxy) is 2. The Morgan fingerprint density at radius 1 is 1.42 bits per heavy atom. The Hall–Kier alpha value is -2.11. The number of benzene rings is 1. The van der Waals surface area contributed by atoms with Crippen molar-refractivity contribution in [3.63, 3.8) is 0 Å². The van der Waals surface area contributed by atoms with Crippen LogP contribution in [0.1, 0.15) is 27.9 Å². The normalized spacial score (nSPS) is 16.8. The van der Waals surface area contributed by atoms with E-state index < -0.39 is 0 Å². The second-order valence-corrected chi connectivity index (χ2v) is 6.19. The van der Waals surface area contributed by atoms with Gasteiger partial charge in [-0.3, -0.25) is 4.79 Å². The van der Waals surface area contributed by atoms with Gasteiger partial charge in [0.1, 0.15) is 11.1 Å². The van der Waals surface area contributed by atoms with Gasteiger partial charge in [-0.25, -0.2) is 4.98 Å². The van der Waals surface area contributed by atoms with Crippen LogP contribution in [0.2, 0.25) is 5.02 Å². The van der Waals surface area contributed by atoms with Gasteiger partial charge in [0.2, 0.25) is 5.88 Å². The van der Waals surface area contributed by atoms with Crippen molar-refractivity contribution in [3.8, 4) is 5.88 Å². The summed E-state index contributed by atoms with van der Waals surface area (Å²) in [4.78, 5) is 16.4. The molecule has 2 aromatic rings. The molecular formula is C18H19ClN2O3. The van der Waals surface area contributed by atoms with E-state index >= 15 is 0 Å². The average Bonchev–Trinajstić information content (AvgIpc) is 3.09. The molecule has 1 amide bonds. The second-order valence-electron chi connectivity index (χ2n) is 5.78. The molecule has 1 aromatic heterocycles. The maximum absolute atomic E-state index is 12.2. The van der Waals surface area contributed by atoms with Crippen LogP contribution in [0.3, 0.4) is 0 Å². The first kappa shape index (κ1) is 16.7. The van der Waals surface area contributed by atoms with Crippen molar-refractivity contribution in [3.05, 3.63) is 58.2 Å². The minimum atomic E-state index is -0.222. The van der Waals surface area contributed by atoms with Crippen molar-refractivity contribution in [1.29, 1.82) is 0 Å². The highest BCUT2D eigenvalue weighted by Crippen LogP contribution is 2.25. The lowest BCUT2D eigenvalue weighted by molar-refractivity contribution is 0.0950. The van der Waals surface area contributed by atoms with Gasteiger partial charge in [-0.1, -0.05) is 41.4 Å². The highest BCUT2D eigenvalue weighted by molar-refractivity contribution is 6.32. The van der Waals surface area contributed by atoms with Gasteiger partial charge in [0.05, 0.1) is 18.8 Å². The molecule has 1 aliphatic heterocycles. The molecule has 1 unspecified atom stereocenters.